The number of carboxylic acids is 1. The van der Waals surface area contributed by atoms with Gasteiger partial charge in [-0.15, -0.1) is 0 Å². The average Bonchev–Trinajstić information content (AvgIpc) is 2.54. The molecule has 1 saturated heterocycles. The lowest BCUT2D eigenvalue weighted by molar-refractivity contribution is -0.135. The van der Waals surface area contributed by atoms with E-state index < -0.39 is 5.97 Å². The Bertz CT molecular complexity index is 523. The second kappa shape index (κ2) is 8.19. The van der Waals surface area contributed by atoms with E-state index >= 15 is 0 Å². The zero-order valence-electron chi connectivity index (χ0n) is 12.4. The van der Waals surface area contributed by atoms with E-state index in [0.29, 0.717) is 13.1 Å². The second-order valence-electron chi connectivity index (χ2n) is 5.15. The van der Waals surface area contributed by atoms with E-state index in [1.807, 2.05) is 18.2 Å². The fourth-order valence-corrected chi connectivity index (χ4v) is 2.30. The molecule has 2 rings (SSSR count). The van der Waals surface area contributed by atoms with Gasteiger partial charge in [0.1, 0.15) is 6.54 Å². The van der Waals surface area contributed by atoms with Gasteiger partial charge in [0.05, 0.1) is 0 Å². The van der Waals surface area contributed by atoms with Crippen molar-refractivity contribution in [2.75, 3.05) is 39.3 Å². The first-order valence-corrected chi connectivity index (χ1v) is 7.33. The molecule has 0 bridgehead atoms. The lowest BCUT2D eigenvalue weighted by Gasteiger charge is -2.34. The minimum absolute atomic E-state index is 0.304. The summed E-state index contributed by atoms with van der Waals surface area (Å²) in [5, 5.41) is 10.9. The molecular formula is C16H21N3O3. The standard InChI is InChI=1S/C16H21N3O3/c20-15(21)13-17-16(22)19-11-9-18(10-12-19)8-4-7-14-5-2-1-3-6-14/h1-7H,8-13H2,(H,17,22)(H,20,21). The van der Waals surface area contributed by atoms with Crippen molar-refractivity contribution in [3.63, 3.8) is 0 Å². The van der Waals surface area contributed by atoms with Crippen molar-refractivity contribution in [3.05, 3.63) is 42.0 Å². The molecule has 6 nitrogen and oxygen atoms in total. The van der Waals surface area contributed by atoms with Gasteiger partial charge in [-0.25, -0.2) is 4.79 Å². The van der Waals surface area contributed by atoms with Gasteiger partial charge in [-0.2, -0.15) is 0 Å². The fraction of sp³-hybridized carbons (Fsp3) is 0.375. The van der Waals surface area contributed by atoms with Gasteiger partial charge in [-0.05, 0) is 5.56 Å². The molecule has 0 aromatic heterocycles. The molecule has 1 aliphatic rings. The number of hydrogen-bond acceptors (Lipinski definition) is 3. The first kappa shape index (κ1) is 16.0. The zero-order chi connectivity index (χ0) is 15.8. The lowest BCUT2D eigenvalue weighted by atomic mass is 10.2. The normalized spacial score (nSPS) is 15.9. The number of amides is 2. The van der Waals surface area contributed by atoms with Crippen LogP contribution in [-0.4, -0.2) is 66.2 Å². The largest absolute Gasteiger partial charge is 0.480 e. The minimum Gasteiger partial charge on any atom is -0.480 e. The Morgan fingerprint density at radius 1 is 1.14 bits per heavy atom. The van der Waals surface area contributed by atoms with Crippen LogP contribution < -0.4 is 5.32 Å². The lowest BCUT2D eigenvalue weighted by Crippen LogP contribution is -2.52. The van der Waals surface area contributed by atoms with Gasteiger partial charge in [0, 0.05) is 32.7 Å². The van der Waals surface area contributed by atoms with Crippen LogP contribution in [0.4, 0.5) is 4.79 Å². The van der Waals surface area contributed by atoms with E-state index in [0.717, 1.165) is 19.6 Å². The summed E-state index contributed by atoms with van der Waals surface area (Å²) in [5.41, 5.74) is 1.18. The molecule has 1 fully saturated rings. The minimum atomic E-state index is -1.03. The summed E-state index contributed by atoms with van der Waals surface area (Å²) in [6.45, 7) is 3.33. The summed E-state index contributed by atoms with van der Waals surface area (Å²) >= 11 is 0. The van der Waals surface area contributed by atoms with Crippen LogP contribution in [0.25, 0.3) is 6.08 Å². The first-order valence-electron chi connectivity index (χ1n) is 7.33. The number of rotatable bonds is 5. The second-order valence-corrected chi connectivity index (χ2v) is 5.15. The maximum atomic E-state index is 11.7. The fourth-order valence-electron chi connectivity index (χ4n) is 2.30. The molecule has 2 amide bonds. The number of piperazine rings is 1. The molecule has 6 heteroatoms. The van der Waals surface area contributed by atoms with Gasteiger partial charge in [0.15, 0.2) is 0 Å². The summed E-state index contributed by atoms with van der Waals surface area (Å²) in [6, 6.07) is 9.82. The molecule has 2 N–H and O–H groups in total. The molecule has 0 atom stereocenters. The van der Waals surface area contributed by atoms with Crippen molar-refractivity contribution in [2.45, 2.75) is 0 Å². The van der Waals surface area contributed by atoms with Gasteiger partial charge >= 0.3 is 12.0 Å². The molecule has 22 heavy (non-hydrogen) atoms. The number of benzene rings is 1. The summed E-state index contributed by atoms with van der Waals surface area (Å²) < 4.78 is 0. The number of carbonyl (C=O) groups is 2. The van der Waals surface area contributed by atoms with E-state index in [-0.39, 0.29) is 12.6 Å². The summed E-state index contributed by atoms with van der Waals surface area (Å²) in [5.74, 6) is -1.03. The number of nitrogens with one attached hydrogen (secondary N) is 1. The molecular weight excluding hydrogens is 282 g/mol. The zero-order valence-corrected chi connectivity index (χ0v) is 12.4. The Morgan fingerprint density at radius 3 is 2.45 bits per heavy atom. The third-order valence-electron chi connectivity index (χ3n) is 3.52. The van der Waals surface area contributed by atoms with Gasteiger partial charge < -0.3 is 15.3 Å². The maximum absolute atomic E-state index is 11.7. The predicted molar refractivity (Wildman–Crippen MR) is 84.5 cm³/mol. The molecule has 0 radical (unpaired) electrons. The maximum Gasteiger partial charge on any atom is 0.323 e. The SMILES string of the molecule is O=C(O)CNC(=O)N1CCN(CC=Cc2ccccc2)CC1. The van der Waals surface area contributed by atoms with Crippen LogP contribution in [-0.2, 0) is 4.79 Å². The van der Waals surface area contributed by atoms with E-state index in [4.69, 9.17) is 5.11 Å². The first-order chi connectivity index (χ1) is 10.6. The predicted octanol–water partition coefficient (Wildman–Crippen LogP) is 1.11. The third kappa shape index (κ3) is 5.21. The molecule has 0 unspecified atom stereocenters. The monoisotopic (exact) mass is 303 g/mol. The van der Waals surface area contributed by atoms with Crippen molar-refractivity contribution >= 4 is 18.1 Å². The van der Waals surface area contributed by atoms with Crippen LogP contribution in [0.5, 0.6) is 0 Å². The van der Waals surface area contributed by atoms with E-state index in [1.54, 1.807) is 4.90 Å². The number of nitrogens with zero attached hydrogens (tertiary/aromatic N) is 2. The molecule has 1 aromatic rings. The van der Waals surface area contributed by atoms with Gasteiger partial charge in [0.25, 0.3) is 0 Å². The summed E-state index contributed by atoms with van der Waals surface area (Å²) in [6.07, 6.45) is 4.21. The van der Waals surface area contributed by atoms with Crippen LogP contribution in [0.2, 0.25) is 0 Å². The Kier molecular flexibility index (Phi) is 5.97. The smallest absolute Gasteiger partial charge is 0.323 e. The molecule has 1 aliphatic heterocycles. The molecule has 1 heterocycles. The Morgan fingerprint density at radius 2 is 1.82 bits per heavy atom. The van der Waals surface area contributed by atoms with Gasteiger partial charge in [-0.3, -0.25) is 9.69 Å². The number of carboxylic acid groups (broad SMARTS) is 1. The quantitative estimate of drug-likeness (QED) is 0.855. The van der Waals surface area contributed by atoms with Crippen LogP contribution >= 0.6 is 0 Å². The number of carbonyl (C=O) groups excluding carboxylic acids is 1. The highest BCUT2D eigenvalue weighted by Gasteiger charge is 2.20. The van der Waals surface area contributed by atoms with Crippen LogP contribution in [0, 0.1) is 0 Å². The van der Waals surface area contributed by atoms with Crippen LogP contribution in [0.1, 0.15) is 5.56 Å². The van der Waals surface area contributed by atoms with E-state index in [2.05, 4.69) is 34.5 Å². The Hall–Kier alpha value is -2.34. The van der Waals surface area contributed by atoms with Crippen molar-refractivity contribution in [1.29, 1.82) is 0 Å². The Balaban J connectivity index is 1.70. The van der Waals surface area contributed by atoms with Crippen LogP contribution in [0.15, 0.2) is 36.4 Å². The van der Waals surface area contributed by atoms with Gasteiger partial charge in [0.2, 0.25) is 0 Å². The molecule has 0 spiro atoms. The molecule has 1 aromatic carbocycles. The number of urea groups is 1. The third-order valence-corrected chi connectivity index (χ3v) is 3.52. The number of hydrogen-bond donors (Lipinski definition) is 2. The average molecular weight is 303 g/mol. The van der Waals surface area contributed by atoms with Crippen molar-refractivity contribution in [2.24, 2.45) is 0 Å². The topological polar surface area (TPSA) is 72.9 Å². The molecule has 0 aliphatic carbocycles. The molecule has 0 saturated carbocycles. The number of aliphatic carboxylic acids is 1. The van der Waals surface area contributed by atoms with Crippen LogP contribution in [0.3, 0.4) is 0 Å². The molecule has 118 valence electrons. The highest BCUT2D eigenvalue weighted by molar-refractivity contribution is 5.80. The van der Waals surface area contributed by atoms with E-state index in [9.17, 15) is 9.59 Å². The summed E-state index contributed by atoms with van der Waals surface area (Å²) in [4.78, 5) is 26.1. The summed E-state index contributed by atoms with van der Waals surface area (Å²) in [7, 11) is 0. The van der Waals surface area contributed by atoms with E-state index in [1.165, 1.54) is 5.56 Å². The highest BCUT2D eigenvalue weighted by atomic mass is 16.4. The van der Waals surface area contributed by atoms with Crippen molar-refractivity contribution in [3.8, 4) is 0 Å². The van der Waals surface area contributed by atoms with Crippen molar-refractivity contribution in [1.82, 2.24) is 15.1 Å². The highest BCUT2D eigenvalue weighted by Crippen LogP contribution is 2.04. The van der Waals surface area contributed by atoms with Gasteiger partial charge in [-0.1, -0.05) is 42.5 Å². The van der Waals surface area contributed by atoms with Crippen molar-refractivity contribution < 1.29 is 14.7 Å². The Labute approximate surface area is 130 Å².